The van der Waals surface area contributed by atoms with Crippen LogP contribution in [0.1, 0.15) is 59.1 Å². The summed E-state index contributed by atoms with van der Waals surface area (Å²) in [4.78, 5) is 0. The van der Waals surface area contributed by atoms with Gasteiger partial charge in [0.2, 0.25) is 0 Å². The van der Waals surface area contributed by atoms with Crippen molar-refractivity contribution >= 4 is 16.6 Å². The summed E-state index contributed by atoms with van der Waals surface area (Å²) in [6.45, 7) is 24.3. The molecule has 0 radical (unpaired) electrons. The van der Waals surface area contributed by atoms with E-state index in [1.165, 1.54) is 11.1 Å². The molecule has 1 aromatic rings. The van der Waals surface area contributed by atoms with Gasteiger partial charge >= 0.3 is 0 Å². The Bertz CT molecular complexity index is 1020. The number of nitrogens with one attached hydrogen (secondary N) is 1. The van der Waals surface area contributed by atoms with Gasteiger partial charge in [0, 0.05) is 22.9 Å². The van der Waals surface area contributed by atoms with Gasteiger partial charge in [-0.1, -0.05) is 59.8 Å². The molecule has 5 atom stereocenters. The monoisotopic (exact) mass is 499 g/mol. The SMILES string of the molecule is CC(C)(C)[Si](C)(C)Oc1ccc2c3c1O[C@H]1C(O[Si](C)(C)C(C)(C)C)C=CC4[C@@H](C2)NCC[C@@]341. The zero-order chi connectivity index (χ0) is 24.9. The van der Waals surface area contributed by atoms with Crippen molar-refractivity contribution in [2.24, 2.45) is 5.92 Å². The van der Waals surface area contributed by atoms with Gasteiger partial charge in [-0.2, -0.15) is 0 Å². The molecule has 1 saturated heterocycles. The summed E-state index contributed by atoms with van der Waals surface area (Å²) in [5, 5.41) is 4.12. The molecule has 2 bridgehead atoms. The third kappa shape index (κ3) is 3.42. The first-order valence-corrected chi connectivity index (χ1v) is 19.0. The molecule has 2 aliphatic carbocycles. The fraction of sp³-hybridized carbons (Fsp3) is 0.714. The smallest absolute Gasteiger partial charge is 0.250 e. The molecule has 1 spiro atoms. The number of rotatable bonds is 4. The predicted octanol–water partition coefficient (Wildman–Crippen LogP) is 6.56. The summed E-state index contributed by atoms with van der Waals surface area (Å²) in [6.07, 6.45) is 6.94. The number of ether oxygens (including phenoxy) is 1. The molecule has 188 valence electrons. The summed E-state index contributed by atoms with van der Waals surface area (Å²) in [7, 11) is -3.97. The number of piperidine rings is 1. The second-order valence-corrected chi connectivity index (χ2v) is 23.6. The van der Waals surface area contributed by atoms with E-state index in [2.05, 4.69) is 97.3 Å². The van der Waals surface area contributed by atoms with Crippen LogP contribution in [0.25, 0.3) is 0 Å². The van der Waals surface area contributed by atoms with Crippen LogP contribution in [-0.4, -0.2) is 41.4 Å². The van der Waals surface area contributed by atoms with Crippen LogP contribution in [0.2, 0.25) is 36.3 Å². The van der Waals surface area contributed by atoms with Crippen LogP contribution < -0.4 is 14.5 Å². The fourth-order valence-corrected chi connectivity index (χ4v) is 8.33. The van der Waals surface area contributed by atoms with Crippen LogP contribution in [0.5, 0.6) is 11.5 Å². The molecule has 2 heterocycles. The van der Waals surface area contributed by atoms with E-state index in [4.69, 9.17) is 13.6 Å². The lowest BCUT2D eigenvalue weighted by Gasteiger charge is -2.55. The molecule has 4 nitrogen and oxygen atoms in total. The van der Waals surface area contributed by atoms with Gasteiger partial charge in [-0.15, -0.1) is 0 Å². The Kier molecular flexibility index (Phi) is 5.40. The van der Waals surface area contributed by atoms with Crippen molar-refractivity contribution in [2.75, 3.05) is 6.54 Å². The molecule has 2 aliphatic heterocycles. The standard InChI is InChI=1S/C28H45NO3Si2/c1-26(2,3)33(7,8)31-21-13-11-18-17-20-19-12-14-22(32-34(9,10)27(4,5)6)25-28(19,15-16-29-20)23(18)24(21)30-25/h11-14,19-20,22,25,29H,15-17H2,1-10H3/t19?,20-,22?,25+,28+/m1/s1. The normalized spacial score (nSPS) is 32.3. The maximum absolute atomic E-state index is 7.06. The van der Waals surface area contributed by atoms with E-state index in [1.807, 2.05) is 0 Å². The molecule has 0 amide bonds. The van der Waals surface area contributed by atoms with Gasteiger partial charge in [-0.3, -0.25) is 0 Å². The van der Waals surface area contributed by atoms with E-state index in [9.17, 15) is 0 Å². The van der Waals surface area contributed by atoms with Gasteiger partial charge in [0.25, 0.3) is 8.32 Å². The second-order valence-electron chi connectivity index (χ2n) is 14.1. The lowest BCUT2D eigenvalue weighted by atomic mass is 9.54. The molecule has 4 aliphatic rings. The quantitative estimate of drug-likeness (QED) is 0.376. The van der Waals surface area contributed by atoms with Gasteiger partial charge in [-0.25, -0.2) is 0 Å². The van der Waals surface area contributed by atoms with E-state index in [1.54, 1.807) is 0 Å². The van der Waals surface area contributed by atoms with E-state index < -0.39 is 16.6 Å². The first-order chi connectivity index (χ1) is 15.6. The Morgan fingerprint density at radius 3 is 2.29 bits per heavy atom. The van der Waals surface area contributed by atoms with E-state index in [0.717, 1.165) is 30.9 Å². The maximum atomic E-state index is 7.06. The molecule has 6 heteroatoms. The largest absolute Gasteiger partial charge is 0.541 e. The lowest BCUT2D eigenvalue weighted by Crippen LogP contribution is -2.65. The van der Waals surface area contributed by atoms with Crippen molar-refractivity contribution < 1.29 is 13.6 Å². The minimum atomic E-state index is -2.00. The van der Waals surface area contributed by atoms with Gasteiger partial charge in [0.15, 0.2) is 14.1 Å². The van der Waals surface area contributed by atoms with Gasteiger partial charge in [-0.05, 0) is 67.3 Å². The van der Waals surface area contributed by atoms with Gasteiger partial charge in [0.1, 0.15) is 18.0 Å². The number of hydrogen-bond donors (Lipinski definition) is 1. The average Bonchev–Trinajstić information content (AvgIpc) is 3.03. The van der Waals surface area contributed by atoms with Gasteiger partial charge in [0.05, 0.1) is 0 Å². The maximum Gasteiger partial charge on any atom is 0.250 e. The molecular weight excluding hydrogens is 454 g/mol. The van der Waals surface area contributed by atoms with Crippen LogP contribution in [0.4, 0.5) is 0 Å². The Balaban J connectivity index is 1.61. The molecule has 2 unspecified atom stereocenters. The first-order valence-electron chi connectivity index (χ1n) is 13.2. The van der Waals surface area contributed by atoms with Crippen LogP contribution in [0, 0.1) is 5.92 Å². The first kappa shape index (κ1) is 24.6. The molecule has 1 aromatic carbocycles. The third-order valence-electron chi connectivity index (χ3n) is 10.1. The topological polar surface area (TPSA) is 39.7 Å². The summed E-state index contributed by atoms with van der Waals surface area (Å²) >= 11 is 0. The van der Waals surface area contributed by atoms with Gasteiger partial charge < -0.3 is 18.9 Å². The number of hydrogen-bond acceptors (Lipinski definition) is 4. The van der Waals surface area contributed by atoms with Crippen molar-refractivity contribution in [3.8, 4) is 11.5 Å². The summed E-state index contributed by atoms with van der Waals surface area (Å²) < 4.78 is 21.0. The van der Waals surface area contributed by atoms with Crippen molar-refractivity contribution in [1.29, 1.82) is 0 Å². The van der Waals surface area contributed by atoms with E-state index >= 15 is 0 Å². The minimum absolute atomic E-state index is 0.0134. The molecule has 1 fully saturated rings. The lowest BCUT2D eigenvalue weighted by molar-refractivity contribution is -0.0126. The van der Waals surface area contributed by atoms with E-state index in [0.29, 0.717) is 12.0 Å². The molecule has 0 saturated carbocycles. The summed E-state index contributed by atoms with van der Waals surface area (Å²) in [5.74, 6) is 2.42. The zero-order valence-electron chi connectivity index (χ0n) is 23.0. The Morgan fingerprint density at radius 1 is 0.971 bits per heavy atom. The minimum Gasteiger partial charge on any atom is -0.541 e. The van der Waals surface area contributed by atoms with Crippen LogP contribution >= 0.6 is 0 Å². The molecular formula is C28H45NO3Si2. The molecule has 1 N–H and O–H groups in total. The van der Waals surface area contributed by atoms with Crippen molar-refractivity contribution in [3.63, 3.8) is 0 Å². The van der Waals surface area contributed by atoms with Crippen molar-refractivity contribution in [2.45, 2.75) is 114 Å². The fourth-order valence-electron chi connectivity index (χ4n) is 6.08. The Hall–Kier alpha value is -1.09. The van der Waals surface area contributed by atoms with Crippen molar-refractivity contribution in [1.82, 2.24) is 5.32 Å². The highest BCUT2D eigenvalue weighted by Gasteiger charge is 2.64. The Labute approximate surface area is 209 Å². The molecule has 5 rings (SSSR count). The highest BCUT2D eigenvalue weighted by molar-refractivity contribution is 6.75. The molecule has 34 heavy (non-hydrogen) atoms. The van der Waals surface area contributed by atoms with E-state index in [-0.39, 0.29) is 27.7 Å². The van der Waals surface area contributed by atoms with Crippen molar-refractivity contribution in [3.05, 3.63) is 35.4 Å². The second kappa shape index (κ2) is 7.47. The highest BCUT2D eigenvalue weighted by atomic mass is 28.4. The van der Waals surface area contributed by atoms with Crippen LogP contribution in [0.3, 0.4) is 0 Å². The van der Waals surface area contributed by atoms with Crippen LogP contribution in [-0.2, 0) is 16.3 Å². The number of benzene rings is 1. The highest BCUT2D eigenvalue weighted by Crippen LogP contribution is 2.62. The van der Waals surface area contributed by atoms with Crippen LogP contribution in [0.15, 0.2) is 24.3 Å². The summed E-state index contributed by atoms with van der Waals surface area (Å²) in [6, 6.07) is 4.98. The Morgan fingerprint density at radius 2 is 1.65 bits per heavy atom. The summed E-state index contributed by atoms with van der Waals surface area (Å²) in [5.41, 5.74) is 2.85. The zero-order valence-corrected chi connectivity index (χ0v) is 25.0. The predicted molar refractivity (Wildman–Crippen MR) is 145 cm³/mol. The molecule has 0 aromatic heterocycles. The third-order valence-corrected chi connectivity index (χ3v) is 18.9. The average molecular weight is 500 g/mol.